The summed E-state index contributed by atoms with van der Waals surface area (Å²) in [5, 5.41) is 17.4. The van der Waals surface area contributed by atoms with E-state index in [9.17, 15) is 31.1 Å². The van der Waals surface area contributed by atoms with E-state index in [-0.39, 0.29) is 11.8 Å². The maximum absolute atomic E-state index is 10.6. The number of hydrogen-bond donors (Lipinski definition) is 4. The van der Waals surface area contributed by atoms with Crippen LogP contribution in [0, 0.1) is 5.92 Å². The van der Waals surface area contributed by atoms with Gasteiger partial charge in [-0.1, -0.05) is 0 Å². The molecule has 1 saturated heterocycles. The number of hydrogen-bond acceptors (Lipinski definition) is 4. The fourth-order valence-corrected chi connectivity index (χ4v) is 1.11. The van der Waals surface area contributed by atoms with Gasteiger partial charge < -0.3 is 21.3 Å². The fraction of sp³-hybridized carbons (Fsp3) is 0.700. The molecule has 23 heavy (non-hydrogen) atoms. The molecule has 0 saturated carbocycles. The van der Waals surface area contributed by atoms with Crippen molar-refractivity contribution in [1.29, 1.82) is 0 Å². The number of amides is 1. The lowest BCUT2D eigenvalue weighted by atomic mass is 9.98. The van der Waals surface area contributed by atoms with Gasteiger partial charge in [0, 0.05) is 5.92 Å². The summed E-state index contributed by atoms with van der Waals surface area (Å²) in [6, 6.07) is 0. The summed E-state index contributed by atoms with van der Waals surface area (Å²) in [6.45, 7) is 1.88. The van der Waals surface area contributed by atoms with E-state index in [2.05, 4.69) is 5.32 Å². The third-order valence-corrected chi connectivity index (χ3v) is 2.23. The van der Waals surface area contributed by atoms with Gasteiger partial charge in [0.2, 0.25) is 5.91 Å². The molecule has 1 fully saturated rings. The molecule has 13 heteroatoms. The van der Waals surface area contributed by atoms with E-state index in [4.69, 9.17) is 25.5 Å². The van der Waals surface area contributed by atoms with Crippen molar-refractivity contribution in [3.8, 4) is 0 Å². The number of primary amides is 1. The molecule has 136 valence electrons. The van der Waals surface area contributed by atoms with E-state index >= 15 is 0 Å². The van der Waals surface area contributed by atoms with Crippen molar-refractivity contribution in [3.63, 3.8) is 0 Å². The van der Waals surface area contributed by atoms with Crippen LogP contribution >= 0.6 is 0 Å². The minimum Gasteiger partial charge on any atom is -0.475 e. The Kier molecular flexibility index (Phi) is 9.96. The summed E-state index contributed by atoms with van der Waals surface area (Å²) in [5.41, 5.74) is 5.10. The molecule has 0 radical (unpaired) electrons. The lowest BCUT2D eigenvalue weighted by molar-refractivity contribution is -0.193. The molecule has 0 aromatic heterocycles. The highest BCUT2D eigenvalue weighted by atomic mass is 19.4. The van der Waals surface area contributed by atoms with Gasteiger partial charge in [-0.15, -0.1) is 0 Å². The average Bonchev–Trinajstić information content (AvgIpc) is 2.38. The Labute approximate surface area is 125 Å². The second-order valence-electron chi connectivity index (χ2n) is 4.03. The van der Waals surface area contributed by atoms with Crippen molar-refractivity contribution < 1.29 is 50.9 Å². The molecule has 0 unspecified atom stereocenters. The van der Waals surface area contributed by atoms with E-state index in [1.165, 1.54) is 0 Å². The molecular weight excluding hydrogens is 342 g/mol. The zero-order valence-corrected chi connectivity index (χ0v) is 11.4. The molecule has 5 N–H and O–H groups in total. The van der Waals surface area contributed by atoms with Gasteiger partial charge in [0.25, 0.3) is 0 Å². The van der Waals surface area contributed by atoms with Crippen LogP contribution in [0.25, 0.3) is 0 Å². The largest absolute Gasteiger partial charge is 0.490 e. The molecule has 0 aromatic carbocycles. The van der Waals surface area contributed by atoms with Gasteiger partial charge in [0.1, 0.15) is 0 Å². The van der Waals surface area contributed by atoms with Crippen molar-refractivity contribution in [1.82, 2.24) is 5.32 Å². The van der Waals surface area contributed by atoms with E-state index in [0.717, 1.165) is 25.9 Å². The van der Waals surface area contributed by atoms with Gasteiger partial charge in [0.05, 0.1) is 0 Å². The first-order valence-electron chi connectivity index (χ1n) is 5.79. The van der Waals surface area contributed by atoms with Crippen LogP contribution in [0.3, 0.4) is 0 Å². The predicted molar refractivity (Wildman–Crippen MR) is 62.2 cm³/mol. The molecule has 0 aliphatic carbocycles. The van der Waals surface area contributed by atoms with E-state index in [0.29, 0.717) is 0 Å². The predicted octanol–water partition coefficient (Wildman–Crippen LogP) is 0.738. The molecule has 1 aliphatic heterocycles. The molecule has 1 heterocycles. The van der Waals surface area contributed by atoms with Crippen LogP contribution in [-0.4, -0.2) is 53.5 Å². The first-order chi connectivity index (χ1) is 10.2. The first-order valence-corrected chi connectivity index (χ1v) is 5.79. The maximum atomic E-state index is 10.6. The molecule has 0 atom stereocenters. The van der Waals surface area contributed by atoms with Gasteiger partial charge >= 0.3 is 24.3 Å². The van der Waals surface area contributed by atoms with Crippen LogP contribution in [0.2, 0.25) is 0 Å². The Balaban J connectivity index is 0. The molecule has 7 nitrogen and oxygen atoms in total. The van der Waals surface area contributed by atoms with Gasteiger partial charge in [-0.25, -0.2) is 9.59 Å². The number of rotatable bonds is 1. The molecule has 0 spiro atoms. The van der Waals surface area contributed by atoms with Crippen LogP contribution in [0.4, 0.5) is 26.3 Å². The summed E-state index contributed by atoms with van der Waals surface area (Å²) >= 11 is 0. The minimum atomic E-state index is -5.08. The third-order valence-electron chi connectivity index (χ3n) is 2.23. The highest BCUT2D eigenvalue weighted by molar-refractivity contribution is 5.76. The summed E-state index contributed by atoms with van der Waals surface area (Å²) in [4.78, 5) is 28.3. The van der Waals surface area contributed by atoms with Gasteiger partial charge in [0.15, 0.2) is 0 Å². The number of carboxylic acid groups (broad SMARTS) is 2. The number of nitrogens with two attached hydrogens (primary N) is 1. The normalized spacial score (nSPS) is 15.4. The number of aliphatic carboxylic acids is 2. The molecule has 1 amide bonds. The van der Waals surface area contributed by atoms with Gasteiger partial charge in [-0.05, 0) is 25.9 Å². The zero-order valence-electron chi connectivity index (χ0n) is 11.4. The van der Waals surface area contributed by atoms with Crippen molar-refractivity contribution in [2.45, 2.75) is 25.2 Å². The van der Waals surface area contributed by atoms with Crippen LogP contribution in [0.15, 0.2) is 0 Å². The van der Waals surface area contributed by atoms with E-state index < -0.39 is 24.3 Å². The Morgan fingerprint density at radius 1 is 0.870 bits per heavy atom. The van der Waals surface area contributed by atoms with Crippen LogP contribution in [0.5, 0.6) is 0 Å². The lowest BCUT2D eigenvalue weighted by Crippen LogP contribution is -2.34. The lowest BCUT2D eigenvalue weighted by Gasteiger charge is -2.18. The van der Waals surface area contributed by atoms with Crippen LogP contribution in [0.1, 0.15) is 12.8 Å². The SMILES string of the molecule is NC(=O)C1CCNCC1.O=C(O)C(F)(F)F.O=C(O)C(F)(F)F. The van der Waals surface area contributed by atoms with E-state index in [1.807, 2.05) is 0 Å². The smallest absolute Gasteiger partial charge is 0.475 e. The van der Waals surface area contributed by atoms with Crippen molar-refractivity contribution in [2.24, 2.45) is 11.7 Å². The molecular formula is C10H14F6N2O5. The van der Waals surface area contributed by atoms with Crippen LogP contribution < -0.4 is 11.1 Å². The second-order valence-corrected chi connectivity index (χ2v) is 4.03. The highest BCUT2D eigenvalue weighted by Gasteiger charge is 2.38. The monoisotopic (exact) mass is 356 g/mol. The fourth-order valence-electron chi connectivity index (χ4n) is 1.11. The summed E-state index contributed by atoms with van der Waals surface area (Å²) in [6.07, 6.45) is -8.34. The quantitative estimate of drug-likeness (QED) is 0.513. The Hall–Kier alpha value is -2.05. The third kappa shape index (κ3) is 13.3. The number of carboxylic acids is 2. The number of piperidine rings is 1. The Bertz CT molecular complexity index is 380. The highest BCUT2D eigenvalue weighted by Crippen LogP contribution is 2.13. The zero-order chi connectivity index (χ0) is 18.8. The Morgan fingerprint density at radius 3 is 1.26 bits per heavy atom. The van der Waals surface area contributed by atoms with Crippen LogP contribution in [-0.2, 0) is 14.4 Å². The maximum Gasteiger partial charge on any atom is 0.490 e. The summed E-state index contributed by atoms with van der Waals surface area (Å²) in [7, 11) is 0. The Morgan fingerprint density at radius 2 is 1.13 bits per heavy atom. The molecule has 0 bridgehead atoms. The van der Waals surface area contributed by atoms with Crippen molar-refractivity contribution in [2.75, 3.05) is 13.1 Å². The van der Waals surface area contributed by atoms with Crippen molar-refractivity contribution >= 4 is 17.8 Å². The molecule has 0 aromatic rings. The average molecular weight is 356 g/mol. The number of halogens is 6. The number of carbonyl (C=O) groups excluding carboxylic acids is 1. The first kappa shape index (κ1) is 23.2. The standard InChI is InChI=1S/C6H12N2O.2C2HF3O2/c7-6(9)5-1-3-8-4-2-5;2*3-2(4,5)1(6)7/h5,8H,1-4H2,(H2,7,9);2*(H,6,7). The van der Waals surface area contributed by atoms with Crippen molar-refractivity contribution in [3.05, 3.63) is 0 Å². The molecule has 1 rings (SSSR count). The molecule has 1 aliphatic rings. The summed E-state index contributed by atoms with van der Waals surface area (Å²) in [5.74, 6) is -5.53. The number of nitrogens with one attached hydrogen (secondary N) is 1. The number of alkyl halides is 6. The van der Waals surface area contributed by atoms with E-state index in [1.54, 1.807) is 0 Å². The topological polar surface area (TPSA) is 130 Å². The minimum absolute atomic E-state index is 0.131. The summed E-state index contributed by atoms with van der Waals surface area (Å²) < 4.78 is 63.5. The number of carbonyl (C=O) groups is 3. The van der Waals surface area contributed by atoms with Gasteiger partial charge in [-0.2, -0.15) is 26.3 Å². The van der Waals surface area contributed by atoms with Gasteiger partial charge in [-0.3, -0.25) is 4.79 Å². The second kappa shape index (κ2) is 9.86.